The molecule has 0 amide bonds. The number of rotatable bonds is 7. The predicted octanol–water partition coefficient (Wildman–Crippen LogP) is 3.29. The number of hydrogen-bond donors (Lipinski definition) is 2. The third kappa shape index (κ3) is 9.23. The predicted molar refractivity (Wildman–Crippen MR) is 64.5 cm³/mol. The van der Waals surface area contributed by atoms with Crippen LogP contribution in [0.25, 0.3) is 0 Å². The largest absolute Gasteiger partial charge is 0.338 e. The molecule has 0 heterocycles. The Morgan fingerprint density at radius 2 is 1.92 bits per heavy atom. The van der Waals surface area contributed by atoms with E-state index in [-0.39, 0.29) is 0 Å². The van der Waals surface area contributed by atoms with Crippen LogP contribution in [0.3, 0.4) is 0 Å². The van der Waals surface area contributed by atoms with Crippen molar-refractivity contribution in [1.29, 1.82) is 0 Å². The van der Waals surface area contributed by atoms with E-state index in [1.807, 2.05) is 0 Å². The van der Waals surface area contributed by atoms with Crippen molar-refractivity contribution >= 4 is 28.9 Å². The SMILES string of the molecule is CCCCCC(CC)SP(O)(O)=S. The lowest BCUT2D eigenvalue weighted by Crippen LogP contribution is -2.00. The minimum absolute atomic E-state index is 0.326. The van der Waals surface area contributed by atoms with Crippen LogP contribution < -0.4 is 0 Å². The zero-order chi connectivity index (χ0) is 10.3. The third-order valence-corrected chi connectivity index (χ3v) is 5.51. The molecule has 0 rings (SSSR count). The van der Waals surface area contributed by atoms with E-state index in [4.69, 9.17) is 9.79 Å². The summed E-state index contributed by atoms with van der Waals surface area (Å²) in [7, 11) is 0. The van der Waals surface area contributed by atoms with E-state index in [1.54, 1.807) is 0 Å². The van der Waals surface area contributed by atoms with Gasteiger partial charge in [-0.25, -0.2) is 0 Å². The summed E-state index contributed by atoms with van der Waals surface area (Å²) >= 11 is 5.78. The van der Waals surface area contributed by atoms with Crippen molar-refractivity contribution in [3.05, 3.63) is 0 Å². The van der Waals surface area contributed by atoms with Crippen LogP contribution >= 0.6 is 17.1 Å². The van der Waals surface area contributed by atoms with Gasteiger partial charge in [0.15, 0.2) is 0 Å². The fourth-order valence-corrected chi connectivity index (χ4v) is 4.98. The van der Waals surface area contributed by atoms with E-state index in [2.05, 4.69) is 25.7 Å². The molecule has 0 saturated heterocycles. The Morgan fingerprint density at radius 1 is 1.31 bits per heavy atom. The van der Waals surface area contributed by atoms with Gasteiger partial charge in [-0.1, -0.05) is 44.5 Å². The van der Waals surface area contributed by atoms with Gasteiger partial charge >= 0.3 is 0 Å². The molecule has 0 aliphatic rings. The summed E-state index contributed by atoms with van der Waals surface area (Å²) in [5.41, 5.74) is -3.04. The highest BCUT2D eigenvalue weighted by Gasteiger charge is 2.16. The van der Waals surface area contributed by atoms with Crippen LogP contribution in [0.2, 0.25) is 0 Å². The van der Waals surface area contributed by atoms with Gasteiger partial charge in [-0.2, -0.15) is 0 Å². The molecule has 2 N–H and O–H groups in total. The van der Waals surface area contributed by atoms with Crippen LogP contribution in [0.15, 0.2) is 0 Å². The second-order valence-corrected chi connectivity index (χ2v) is 9.36. The Morgan fingerprint density at radius 3 is 2.31 bits per heavy atom. The normalized spacial score (nSPS) is 14.5. The van der Waals surface area contributed by atoms with E-state index < -0.39 is 5.69 Å². The molecular weight excluding hydrogens is 223 g/mol. The Hall–Kier alpha value is 0.920. The van der Waals surface area contributed by atoms with Crippen molar-refractivity contribution in [1.82, 2.24) is 0 Å². The van der Waals surface area contributed by atoms with Gasteiger partial charge in [0.25, 0.3) is 0 Å². The second-order valence-electron chi connectivity index (χ2n) is 3.12. The number of hydrogen-bond acceptors (Lipinski definition) is 2. The first-order valence-electron chi connectivity index (χ1n) is 4.73. The van der Waals surface area contributed by atoms with Crippen molar-refractivity contribution in [2.45, 2.75) is 51.2 Å². The van der Waals surface area contributed by atoms with Crippen molar-refractivity contribution in [2.24, 2.45) is 0 Å². The Labute approximate surface area is 90.0 Å². The van der Waals surface area contributed by atoms with Gasteiger partial charge in [-0.15, -0.1) is 0 Å². The van der Waals surface area contributed by atoms with Gasteiger partial charge in [0.1, 0.15) is 0 Å². The summed E-state index contributed by atoms with van der Waals surface area (Å²) in [6, 6.07) is 0. The van der Waals surface area contributed by atoms with Gasteiger partial charge in [0.2, 0.25) is 5.69 Å². The zero-order valence-electron chi connectivity index (χ0n) is 8.27. The first-order valence-corrected chi connectivity index (χ1v) is 8.92. The van der Waals surface area contributed by atoms with Crippen LogP contribution in [-0.4, -0.2) is 15.0 Å². The topological polar surface area (TPSA) is 40.5 Å². The molecule has 0 bridgehead atoms. The smallest absolute Gasteiger partial charge is 0.242 e. The molecule has 0 aromatic heterocycles. The maximum absolute atomic E-state index is 9.12. The van der Waals surface area contributed by atoms with E-state index in [0.717, 1.165) is 19.3 Å². The standard InChI is InChI=1S/C8H19O2PS2/c1-3-5-6-7-8(4-2)13-11(9,10)12/h8H,3-7H2,1-2H3,(H2,9,10,12). The van der Waals surface area contributed by atoms with Gasteiger partial charge in [-0.3, -0.25) is 0 Å². The molecule has 1 unspecified atom stereocenters. The minimum Gasteiger partial charge on any atom is -0.338 e. The lowest BCUT2D eigenvalue weighted by atomic mass is 10.1. The molecule has 0 spiro atoms. The molecule has 2 nitrogen and oxygen atoms in total. The molecular formula is C8H19O2PS2. The first kappa shape index (κ1) is 13.9. The summed E-state index contributed by atoms with van der Waals surface area (Å²) < 4.78 is 0. The molecule has 80 valence electrons. The summed E-state index contributed by atoms with van der Waals surface area (Å²) in [5.74, 6) is 0. The van der Waals surface area contributed by atoms with E-state index >= 15 is 0 Å². The summed E-state index contributed by atoms with van der Waals surface area (Å²) in [4.78, 5) is 18.2. The van der Waals surface area contributed by atoms with Crippen LogP contribution in [0.5, 0.6) is 0 Å². The minimum atomic E-state index is -3.04. The van der Waals surface area contributed by atoms with Crippen LogP contribution in [0.4, 0.5) is 0 Å². The molecule has 0 aromatic rings. The van der Waals surface area contributed by atoms with Crippen LogP contribution in [-0.2, 0) is 11.8 Å². The lowest BCUT2D eigenvalue weighted by molar-refractivity contribution is 0.501. The summed E-state index contributed by atoms with van der Waals surface area (Å²) in [6.45, 7) is 4.23. The summed E-state index contributed by atoms with van der Waals surface area (Å²) in [6.07, 6.45) is 5.60. The Bertz CT molecular complexity index is 170. The van der Waals surface area contributed by atoms with Crippen molar-refractivity contribution in [2.75, 3.05) is 0 Å². The molecule has 1 atom stereocenters. The highest BCUT2D eigenvalue weighted by molar-refractivity contribution is 8.67. The maximum atomic E-state index is 9.12. The van der Waals surface area contributed by atoms with Crippen molar-refractivity contribution in [3.8, 4) is 0 Å². The molecule has 0 fully saturated rings. The van der Waals surface area contributed by atoms with Crippen LogP contribution in [0, 0.1) is 0 Å². The first-order chi connectivity index (χ1) is 5.99. The second kappa shape index (κ2) is 7.24. The summed E-state index contributed by atoms with van der Waals surface area (Å²) in [5, 5.41) is 0.326. The molecule has 5 heteroatoms. The quantitative estimate of drug-likeness (QED) is 0.531. The highest BCUT2D eigenvalue weighted by Crippen LogP contribution is 2.54. The molecule has 0 aliphatic heterocycles. The monoisotopic (exact) mass is 242 g/mol. The third-order valence-electron chi connectivity index (χ3n) is 1.87. The van der Waals surface area contributed by atoms with Gasteiger partial charge in [0, 0.05) is 5.25 Å². The van der Waals surface area contributed by atoms with Crippen molar-refractivity contribution < 1.29 is 9.79 Å². The van der Waals surface area contributed by atoms with Crippen molar-refractivity contribution in [3.63, 3.8) is 0 Å². The van der Waals surface area contributed by atoms with Gasteiger partial charge < -0.3 is 9.79 Å². The van der Waals surface area contributed by atoms with E-state index in [9.17, 15) is 0 Å². The lowest BCUT2D eigenvalue weighted by Gasteiger charge is -2.16. The molecule has 13 heavy (non-hydrogen) atoms. The molecule has 0 saturated carbocycles. The van der Waals surface area contributed by atoms with Gasteiger partial charge in [-0.05, 0) is 24.6 Å². The number of unbranched alkanes of at least 4 members (excludes halogenated alkanes) is 2. The fourth-order valence-electron chi connectivity index (χ4n) is 1.15. The average molecular weight is 242 g/mol. The zero-order valence-corrected chi connectivity index (χ0v) is 10.8. The maximum Gasteiger partial charge on any atom is 0.242 e. The fraction of sp³-hybridized carbons (Fsp3) is 1.00. The van der Waals surface area contributed by atoms with Crippen LogP contribution in [0.1, 0.15) is 46.0 Å². The highest BCUT2D eigenvalue weighted by atomic mass is 32.9. The van der Waals surface area contributed by atoms with E-state index in [1.165, 1.54) is 24.2 Å². The average Bonchev–Trinajstić information content (AvgIpc) is 2.01. The molecule has 0 aromatic carbocycles. The molecule has 0 radical (unpaired) electrons. The van der Waals surface area contributed by atoms with Gasteiger partial charge in [0.05, 0.1) is 0 Å². The Kier molecular flexibility index (Phi) is 7.76. The molecule has 0 aliphatic carbocycles. The Balaban J connectivity index is 3.70. The van der Waals surface area contributed by atoms with E-state index in [0.29, 0.717) is 5.25 Å².